The van der Waals surface area contributed by atoms with Crippen LogP contribution in [0.2, 0.25) is 0 Å². The maximum absolute atomic E-state index is 10.9. The van der Waals surface area contributed by atoms with Gasteiger partial charge in [-0.15, -0.1) is 0 Å². The molecule has 0 saturated heterocycles. The van der Waals surface area contributed by atoms with Gasteiger partial charge in [0.05, 0.1) is 26.0 Å². The summed E-state index contributed by atoms with van der Waals surface area (Å²) >= 11 is 0. The predicted octanol–water partition coefficient (Wildman–Crippen LogP) is -1.24. The van der Waals surface area contributed by atoms with Crippen LogP contribution in [-0.2, 0) is 13.2 Å². The largest absolute Gasteiger partial charge is 0.493 e. The molecule has 72 valence electrons. The summed E-state index contributed by atoms with van der Waals surface area (Å²) in [6.07, 6.45) is 0. The lowest BCUT2D eigenvalue weighted by Crippen LogP contribution is -2.17. The summed E-state index contributed by atoms with van der Waals surface area (Å²) in [5.74, 6) is 0.213. The van der Waals surface area contributed by atoms with Gasteiger partial charge in [0, 0.05) is 0 Å². The summed E-state index contributed by atoms with van der Waals surface area (Å²) in [6.45, 7) is -0.770. The van der Waals surface area contributed by atoms with Crippen molar-refractivity contribution in [3.8, 4) is 5.75 Å². The van der Waals surface area contributed by atoms with Gasteiger partial charge in [0.15, 0.2) is 5.75 Å². The van der Waals surface area contributed by atoms with Gasteiger partial charge < -0.3 is 19.9 Å². The molecule has 13 heavy (non-hydrogen) atoms. The first-order chi connectivity index (χ1) is 6.22. The highest BCUT2D eigenvalue weighted by molar-refractivity contribution is 5.31. The Morgan fingerprint density at radius 3 is 2.62 bits per heavy atom. The third-order valence-electron chi connectivity index (χ3n) is 1.54. The average Bonchev–Trinajstić information content (AvgIpc) is 2.16. The van der Waals surface area contributed by atoms with Gasteiger partial charge in [-0.05, 0) is 0 Å². The van der Waals surface area contributed by atoms with Crippen molar-refractivity contribution in [3.05, 3.63) is 21.9 Å². The van der Waals surface area contributed by atoms with Crippen LogP contribution >= 0.6 is 0 Å². The van der Waals surface area contributed by atoms with Crippen LogP contribution < -0.4 is 10.4 Å². The van der Waals surface area contributed by atoms with E-state index in [1.807, 2.05) is 0 Å². The molecular formula is C7H10N2O4. The zero-order valence-electron chi connectivity index (χ0n) is 7.07. The van der Waals surface area contributed by atoms with E-state index in [9.17, 15) is 4.79 Å². The molecule has 1 rings (SSSR count). The maximum atomic E-state index is 10.9. The second kappa shape index (κ2) is 4.01. The lowest BCUT2D eigenvalue weighted by Gasteiger charge is -2.08. The highest BCUT2D eigenvalue weighted by atomic mass is 16.5. The van der Waals surface area contributed by atoms with Crippen molar-refractivity contribution in [2.75, 3.05) is 7.11 Å². The van der Waals surface area contributed by atoms with Crippen molar-refractivity contribution in [1.29, 1.82) is 0 Å². The number of aromatic amines is 1. The summed E-state index contributed by atoms with van der Waals surface area (Å²) in [5.41, 5.74) is -0.282. The van der Waals surface area contributed by atoms with Crippen LogP contribution in [-0.4, -0.2) is 27.3 Å². The van der Waals surface area contributed by atoms with Crippen LogP contribution in [0.1, 0.15) is 11.4 Å². The van der Waals surface area contributed by atoms with Crippen LogP contribution in [0, 0.1) is 0 Å². The Morgan fingerprint density at radius 2 is 2.15 bits per heavy atom. The Kier molecular flexibility index (Phi) is 2.99. The molecule has 0 aliphatic rings. The zero-order chi connectivity index (χ0) is 9.84. The van der Waals surface area contributed by atoms with Crippen molar-refractivity contribution in [2.24, 2.45) is 0 Å². The highest BCUT2D eigenvalue weighted by Crippen LogP contribution is 2.17. The molecule has 0 fully saturated rings. The summed E-state index contributed by atoms with van der Waals surface area (Å²) in [5, 5.41) is 17.7. The number of nitrogens with one attached hydrogen (secondary N) is 1. The minimum atomic E-state index is -0.617. The van der Waals surface area contributed by atoms with E-state index in [0.29, 0.717) is 0 Å². The van der Waals surface area contributed by atoms with E-state index in [-0.39, 0.29) is 23.7 Å². The fraction of sp³-hybridized carbons (Fsp3) is 0.429. The van der Waals surface area contributed by atoms with Gasteiger partial charge in [-0.1, -0.05) is 0 Å². The van der Waals surface area contributed by atoms with Crippen LogP contribution in [0.25, 0.3) is 0 Å². The van der Waals surface area contributed by atoms with Crippen molar-refractivity contribution < 1.29 is 14.9 Å². The van der Waals surface area contributed by atoms with Crippen LogP contribution in [0.5, 0.6) is 5.75 Å². The summed E-state index contributed by atoms with van der Waals surface area (Å²) in [4.78, 5) is 16.6. The molecule has 1 aromatic rings. The highest BCUT2D eigenvalue weighted by Gasteiger charge is 2.10. The molecule has 6 nitrogen and oxygen atoms in total. The van der Waals surface area contributed by atoms with Gasteiger partial charge in [-0.25, -0.2) is 4.79 Å². The number of aromatic nitrogens is 2. The fourth-order valence-corrected chi connectivity index (χ4v) is 1.02. The van der Waals surface area contributed by atoms with Gasteiger partial charge in [0.25, 0.3) is 0 Å². The number of aliphatic hydroxyl groups is 2. The summed E-state index contributed by atoms with van der Waals surface area (Å²) in [6, 6.07) is 0. The number of H-pyrrole nitrogens is 1. The quantitative estimate of drug-likeness (QED) is 0.549. The number of nitrogens with zero attached hydrogens (tertiary/aromatic N) is 1. The molecule has 0 atom stereocenters. The Hall–Kier alpha value is -1.40. The monoisotopic (exact) mass is 186 g/mol. The molecule has 0 unspecified atom stereocenters. The number of ether oxygens (including phenoxy) is 1. The molecule has 0 amide bonds. The third-order valence-corrected chi connectivity index (χ3v) is 1.54. The van der Waals surface area contributed by atoms with Crippen molar-refractivity contribution in [3.63, 3.8) is 0 Å². The molecule has 0 saturated carbocycles. The minimum Gasteiger partial charge on any atom is -0.493 e. The van der Waals surface area contributed by atoms with Gasteiger partial charge in [0.1, 0.15) is 5.69 Å². The Labute approximate surface area is 73.8 Å². The number of hydrogen-bond donors (Lipinski definition) is 3. The molecule has 0 aromatic carbocycles. The van der Waals surface area contributed by atoms with E-state index < -0.39 is 12.3 Å². The van der Waals surface area contributed by atoms with Crippen molar-refractivity contribution >= 4 is 0 Å². The standard InChI is InChI=1S/C7H10N2O4/c1-13-6-4(2-10)8-7(12)9-5(6)3-11/h10-11H,2-3H2,1H3,(H,8,9,12). The van der Waals surface area contributed by atoms with Gasteiger partial charge in [0.2, 0.25) is 0 Å². The minimum absolute atomic E-state index is 0.121. The molecule has 0 aliphatic heterocycles. The molecule has 3 N–H and O–H groups in total. The van der Waals surface area contributed by atoms with E-state index in [4.69, 9.17) is 14.9 Å². The maximum Gasteiger partial charge on any atom is 0.345 e. The van der Waals surface area contributed by atoms with Crippen LogP contribution in [0.4, 0.5) is 0 Å². The Bertz CT molecular complexity index is 319. The van der Waals surface area contributed by atoms with E-state index in [0.717, 1.165) is 0 Å². The van der Waals surface area contributed by atoms with Crippen molar-refractivity contribution in [1.82, 2.24) is 9.97 Å². The van der Waals surface area contributed by atoms with Gasteiger partial charge >= 0.3 is 5.69 Å². The summed E-state index contributed by atoms with van der Waals surface area (Å²) in [7, 11) is 1.37. The second-order valence-corrected chi connectivity index (χ2v) is 2.32. The zero-order valence-corrected chi connectivity index (χ0v) is 7.07. The topological polar surface area (TPSA) is 95.4 Å². The first-order valence-corrected chi connectivity index (χ1v) is 3.60. The molecular weight excluding hydrogens is 176 g/mol. The molecule has 0 bridgehead atoms. The lowest BCUT2D eigenvalue weighted by atomic mass is 10.3. The van der Waals surface area contributed by atoms with Gasteiger partial charge in [-0.2, -0.15) is 4.98 Å². The first-order valence-electron chi connectivity index (χ1n) is 3.60. The average molecular weight is 186 g/mol. The smallest absolute Gasteiger partial charge is 0.345 e. The predicted molar refractivity (Wildman–Crippen MR) is 43.3 cm³/mol. The van der Waals surface area contributed by atoms with E-state index in [1.165, 1.54) is 7.11 Å². The normalized spacial score (nSPS) is 10.1. The van der Waals surface area contributed by atoms with Gasteiger partial charge in [-0.3, -0.25) is 0 Å². The fourth-order valence-electron chi connectivity index (χ4n) is 1.02. The summed E-state index contributed by atoms with van der Waals surface area (Å²) < 4.78 is 4.86. The number of methoxy groups -OCH3 is 1. The Balaban J connectivity index is 3.33. The van der Waals surface area contributed by atoms with E-state index >= 15 is 0 Å². The third kappa shape index (κ3) is 1.85. The first kappa shape index (κ1) is 9.69. The van der Waals surface area contributed by atoms with Crippen LogP contribution in [0.15, 0.2) is 4.79 Å². The number of hydrogen-bond acceptors (Lipinski definition) is 5. The van der Waals surface area contributed by atoms with E-state index in [1.54, 1.807) is 0 Å². The molecule has 0 aliphatic carbocycles. The molecule has 6 heteroatoms. The molecule has 1 heterocycles. The number of aliphatic hydroxyl groups excluding tert-OH is 2. The van der Waals surface area contributed by atoms with Crippen molar-refractivity contribution in [2.45, 2.75) is 13.2 Å². The molecule has 1 aromatic heterocycles. The SMILES string of the molecule is COc1c(CO)nc(=O)[nH]c1CO. The Morgan fingerprint density at radius 1 is 1.46 bits per heavy atom. The lowest BCUT2D eigenvalue weighted by molar-refractivity contribution is 0.251. The van der Waals surface area contributed by atoms with E-state index in [2.05, 4.69) is 9.97 Å². The number of rotatable bonds is 3. The van der Waals surface area contributed by atoms with Crippen LogP contribution in [0.3, 0.4) is 0 Å². The molecule has 0 spiro atoms. The molecule has 0 radical (unpaired) electrons. The second-order valence-electron chi connectivity index (χ2n) is 2.32.